The number of fused-ring (bicyclic) bond motifs is 4. The first-order valence-electron chi connectivity index (χ1n) is 8.06. The molecular weight excluding hydrogens is 216 g/mol. The van der Waals surface area contributed by atoms with E-state index >= 15 is 0 Å². The van der Waals surface area contributed by atoms with Gasteiger partial charge < -0.3 is 0 Å². The first kappa shape index (κ1) is 11.3. The topological polar surface area (TPSA) is 0 Å². The summed E-state index contributed by atoms with van der Waals surface area (Å²) in [5.74, 6) is 6.39. The van der Waals surface area contributed by atoms with Crippen LogP contribution in [-0.4, -0.2) is 0 Å². The lowest BCUT2D eigenvalue weighted by Gasteiger charge is -2.24. The van der Waals surface area contributed by atoms with Crippen molar-refractivity contribution in [3.05, 3.63) is 23.8 Å². The van der Waals surface area contributed by atoms with Crippen LogP contribution in [0.15, 0.2) is 23.8 Å². The van der Waals surface area contributed by atoms with Gasteiger partial charge in [-0.3, -0.25) is 0 Å². The number of hydrogen-bond donors (Lipinski definition) is 0. The SMILES string of the molecule is C=C1C(C=C2CC3CCC2C3C)C2CCC1C2C. The molecular formula is C18H26. The van der Waals surface area contributed by atoms with Crippen LogP contribution in [-0.2, 0) is 0 Å². The maximum absolute atomic E-state index is 4.45. The van der Waals surface area contributed by atoms with Crippen LogP contribution < -0.4 is 0 Å². The second kappa shape index (κ2) is 3.74. The molecule has 0 radical (unpaired) electrons. The zero-order chi connectivity index (χ0) is 12.4. The molecule has 0 aliphatic heterocycles. The highest BCUT2D eigenvalue weighted by molar-refractivity contribution is 5.30. The first-order valence-corrected chi connectivity index (χ1v) is 8.06. The van der Waals surface area contributed by atoms with Crippen molar-refractivity contribution in [1.29, 1.82) is 0 Å². The van der Waals surface area contributed by atoms with Gasteiger partial charge in [-0.25, -0.2) is 0 Å². The van der Waals surface area contributed by atoms with Crippen LogP contribution in [0.25, 0.3) is 0 Å². The molecule has 0 aromatic carbocycles. The minimum absolute atomic E-state index is 0.750. The Morgan fingerprint density at radius 1 is 1.00 bits per heavy atom. The molecule has 4 aliphatic rings. The quantitative estimate of drug-likeness (QED) is 0.578. The molecule has 4 aliphatic carbocycles. The molecule has 0 aromatic rings. The fraction of sp³-hybridized carbons (Fsp3) is 0.778. The maximum atomic E-state index is 4.45. The second-order valence-corrected chi connectivity index (χ2v) is 7.56. The van der Waals surface area contributed by atoms with Gasteiger partial charge in [0.2, 0.25) is 0 Å². The smallest absolute Gasteiger partial charge is 0.00107 e. The maximum Gasteiger partial charge on any atom is 0.00107 e. The van der Waals surface area contributed by atoms with E-state index in [1.807, 2.05) is 5.57 Å². The van der Waals surface area contributed by atoms with Gasteiger partial charge in [0.25, 0.3) is 0 Å². The minimum Gasteiger partial charge on any atom is -0.0990 e. The van der Waals surface area contributed by atoms with E-state index in [2.05, 4.69) is 26.5 Å². The van der Waals surface area contributed by atoms with Crippen LogP contribution in [0.1, 0.15) is 46.0 Å². The Kier molecular flexibility index (Phi) is 2.35. The Balaban J connectivity index is 1.61. The van der Waals surface area contributed by atoms with Gasteiger partial charge in [-0.05, 0) is 67.6 Å². The van der Waals surface area contributed by atoms with Gasteiger partial charge in [0.15, 0.2) is 0 Å². The van der Waals surface area contributed by atoms with E-state index in [-0.39, 0.29) is 0 Å². The zero-order valence-electron chi connectivity index (χ0n) is 11.9. The van der Waals surface area contributed by atoms with Gasteiger partial charge in [-0.1, -0.05) is 37.6 Å². The Labute approximate surface area is 112 Å². The summed E-state index contributed by atoms with van der Waals surface area (Å²) >= 11 is 0. The molecule has 0 aromatic heterocycles. The Bertz CT molecular complexity index is 416. The van der Waals surface area contributed by atoms with Crippen molar-refractivity contribution >= 4 is 0 Å². The van der Waals surface area contributed by atoms with Crippen LogP contribution in [0.5, 0.6) is 0 Å². The molecule has 98 valence electrons. The molecule has 4 fully saturated rings. The van der Waals surface area contributed by atoms with E-state index in [9.17, 15) is 0 Å². The summed E-state index contributed by atoms with van der Waals surface area (Å²) in [6.45, 7) is 9.40. The predicted molar refractivity (Wildman–Crippen MR) is 76.1 cm³/mol. The summed E-state index contributed by atoms with van der Waals surface area (Å²) in [6, 6.07) is 0. The number of allylic oxidation sites excluding steroid dienone is 3. The zero-order valence-corrected chi connectivity index (χ0v) is 11.9. The Morgan fingerprint density at radius 3 is 2.33 bits per heavy atom. The highest BCUT2D eigenvalue weighted by atomic mass is 14.5. The van der Waals surface area contributed by atoms with Crippen molar-refractivity contribution in [2.75, 3.05) is 0 Å². The van der Waals surface area contributed by atoms with Crippen molar-refractivity contribution in [3.8, 4) is 0 Å². The first-order chi connectivity index (χ1) is 8.66. The summed E-state index contributed by atoms with van der Waals surface area (Å²) in [6.07, 6.45) is 9.97. The molecule has 18 heavy (non-hydrogen) atoms. The molecule has 0 spiro atoms. The van der Waals surface area contributed by atoms with Gasteiger partial charge in [0.1, 0.15) is 0 Å². The summed E-state index contributed by atoms with van der Waals surface area (Å²) in [5, 5.41) is 0. The lowest BCUT2D eigenvalue weighted by molar-refractivity contribution is 0.401. The number of rotatable bonds is 1. The fourth-order valence-corrected chi connectivity index (χ4v) is 5.91. The van der Waals surface area contributed by atoms with E-state index in [4.69, 9.17) is 0 Å². The van der Waals surface area contributed by atoms with E-state index in [0.717, 1.165) is 41.4 Å². The molecule has 0 saturated heterocycles. The van der Waals surface area contributed by atoms with Crippen molar-refractivity contribution in [2.24, 2.45) is 41.4 Å². The van der Waals surface area contributed by atoms with E-state index in [1.54, 1.807) is 5.57 Å². The highest BCUT2D eigenvalue weighted by Crippen LogP contribution is 2.58. The van der Waals surface area contributed by atoms with Gasteiger partial charge in [0.05, 0.1) is 0 Å². The van der Waals surface area contributed by atoms with Crippen LogP contribution in [0, 0.1) is 41.4 Å². The van der Waals surface area contributed by atoms with E-state index in [0.29, 0.717) is 0 Å². The molecule has 4 bridgehead atoms. The average Bonchev–Trinajstić information content (AvgIpc) is 3.04. The van der Waals surface area contributed by atoms with Gasteiger partial charge in [-0.2, -0.15) is 0 Å². The summed E-state index contributed by atoms with van der Waals surface area (Å²) < 4.78 is 0. The normalized spacial score (nSPS) is 56.0. The van der Waals surface area contributed by atoms with Gasteiger partial charge in [0, 0.05) is 5.92 Å². The summed E-state index contributed by atoms with van der Waals surface area (Å²) in [4.78, 5) is 0. The molecule has 4 rings (SSSR count). The third-order valence-corrected chi connectivity index (χ3v) is 7.08. The molecule has 7 atom stereocenters. The average molecular weight is 242 g/mol. The third kappa shape index (κ3) is 1.33. The van der Waals surface area contributed by atoms with Crippen molar-refractivity contribution in [3.63, 3.8) is 0 Å². The summed E-state index contributed by atoms with van der Waals surface area (Å²) in [7, 11) is 0. The van der Waals surface area contributed by atoms with E-state index in [1.165, 1.54) is 32.1 Å². The Morgan fingerprint density at radius 2 is 1.78 bits per heavy atom. The van der Waals surface area contributed by atoms with Crippen molar-refractivity contribution < 1.29 is 0 Å². The minimum atomic E-state index is 0.750. The lowest BCUT2D eigenvalue weighted by Crippen LogP contribution is -2.13. The van der Waals surface area contributed by atoms with Gasteiger partial charge in [-0.15, -0.1) is 0 Å². The molecule has 0 heterocycles. The number of hydrogen-bond acceptors (Lipinski definition) is 0. The predicted octanol–water partition coefficient (Wildman–Crippen LogP) is 4.83. The molecule has 7 unspecified atom stereocenters. The monoisotopic (exact) mass is 242 g/mol. The van der Waals surface area contributed by atoms with Crippen molar-refractivity contribution in [1.82, 2.24) is 0 Å². The molecule has 0 nitrogen and oxygen atoms in total. The van der Waals surface area contributed by atoms with Crippen LogP contribution in [0.2, 0.25) is 0 Å². The Hall–Kier alpha value is -0.520. The molecule has 0 heteroatoms. The standard InChI is InChI=1S/C18H26/c1-10-13-4-5-16(10)14(8-13)9-18-12(3)15-6-7-17(18)11(15)2/h9-11,13,15-18H,3-8H2,1-2H3. The van der Waals surface area contributed by atoms with Crippen molar-refractivity contribution in [2.45, 2.75) is 46.0 Å². The molecule has 4 saturated carbocycles. The van der Waals surface area contributed by atoms with Crippen LogP contribution in [0.3, 0.4) is 0 Å². The fourth-order valence-electron chi connectivity index (χ4n) is 5.91. The third-order valence-electron chi connectivity index (χ3n) is 7.08. The van der Waals surface area contributed by atoms with Crippen LogP contribution in [0.4, 0.5) is 0 Å². The van der Waals surface area contributed by atoms with Crippen LogP contribution >= 0.6 is 0 Å². The molecule has 0 N–H and O–H groups in total. The molecule has 0 amide bonds. The second-order valence-electron chi connectivity index (χ2n) is 7.56. The highest BCUT2D eigenvalue weighted by Gasteiger charge is 2.48. The summed E-state index contributed by atoms with van der Waals surface area (Å²) in [5.41, 5.74) is 3.41. The largest absolute Gasteiger partial charge is 0.0990 e. The van der Waals surface area contributed by atoms with Gasteiger partial charge >= 0.3 is 0 Å². The van der Waals surface area contributed by atoms with E-state index < -0.39 is 0 Å². The lowest BCUT2D eigenvalue weighted by atomic mass is 9.81.